The highest BCUT2D eigenvalue weighted by atomic mass is 15.1. The van der Waals surface area contributed by atoms with Gasteiger partial charge in [-0.15, -0.1) is 0 Å². The third kappa shape index (κ3) is 1.63. The number of likely N-dealkylation sites (N-methyl/N-ethyl adjacent to an activating group) is 1. The molecule has 1 aliphatic rings. The Morgan fingerprint density at radius 2 is 2.18 bits per heavy atom. The average Bonchev–Trinajstić information content (AvgIpc) is 2.27. The number of rotatable bonds is 0. The molecule has 1 aliphatic heterocycles. The van der Waals surface area contributed by atoms with Crippen LogP contribution in [-0.2, 0) is 13.0 Å². The lowest BCUT2D eigenvalue weighted by atomic mass is 9.99. The monoisotopic (exact) mass is 229 g/mol. The topological polar surface area (TPSA) is 67.9 Å². The zero-order chi connectivity index (χ0) is 12.0. The van der Waals surface area contributed by atoms with Crippen LogP contribution in [-0.4, -0.2) is 33.4 Å². The van der Waals surface area contributed by atoms with Gasteiger partial charge in [0.25, 0.3) is 0 Å². The van der Waals surface area contributed by atoms with Crippen molar-refractivity contribution in [1.29, 1.82) is 0 Å². The Hall–Kier alpha value is -1.75. The third-order valence-electron chi connectivity index (χ3n) is 3.25. The first-order valence-electron chi connectivity index (χ1n) is 5.74. The molecule has 0 saturated carbocycles. The molecule has 3 heterocycles. The minimum absolute atomic E-state index is 0.548. The molecule has 2 aromatic heterocycles. The molecule has 5 nitrogen and oxygen atoms in total. The summed E-state index contributed by atoms with van der Waals surface area (Å²) in [7, 11) is 2.11. The van der Waals surface area contributed by atoms with Crippen molar-refractivity contribution in [2.75, 3.05) is 19.3 Å². The summed E-state index contributed by atoms with van der Waals surface area (Å²) < 4.78 is 0. The van der Waals surface area contributed by atoms with Gasteiger partial charge in [-0.25, -0.2) is 15.0 Å². The van der Waals surface area contributed by atoms with Gasteiger partial charge in [-0.1, -0.05) is 0 Å². The van der Waals surface area contributed by atoms with E-state index in [1.54, 1.807) is 0 Å². The van der Waals surface area contributed by atoms with Crippen LogP contribution in [0.3, 0.4) is 0 Å². The molecular weight excluding hydrogens is 214 g/mol. The number of fused-ring (bicyclic) bond motifs is 3. The number of anilines is 1. The zero-order valence-corrected chi connectivity index (χ0v) is 10.1. The van der Waals surface area contributed by atoms with Crippen molar-refractivity contribution in [3.05, 3.63) is 23.1 Å². The van der Waals surface area contributed by atoms with E-state index in [1.165, 1.54) is 11.1 Å². The molecule has 0 spiro atoms. The molecular formula is C12H15N5. The summed E-state index contributed by atoms with van der Waals surface area (Å²) in [6, 6.07) is 0. The van der Waals surface area contributed by atoms with Crippen molar-refractivity contribution in [3.63, 3.8) is 0 Å². The maximum Gasteiger partial charge on any atom is 0.165 e. The summed E-state index contributed by atoms with van der Waals surface area (Å²) in [5.74, 6) is 1.22. The fourth-order valence-corrected chi connectivity index (χ4v) is 2.40. The Kier molecular flexibility index (Phi) is 2.22. The molecule has 88 valence electrons. The molecule has 0 bridgehead atoms. The van der Waals surface area contributed by atoms with E-state index < -0.39 is 0 Å². The van der Waals surface area contributed by atoms with Gasteiger partial charge >= 0.3 is 0 Å². The Morgan fingerprint density at radius 3 is 3.00 bits per heavy atom. The maximum atomic E-state index is 6.02. The maximum absolute atomic E-state index is 6.02. The molecule has 0 unspecified atom stereocenters. The number of pyridine rings is 1. The second-order valence-electron chi connectivity index (χ2n) is 4.60. The summed E-state index contributed by atoms with van der Waals surface area (Å²) in [4.78, 5) is 15.3. The lowest BCUT2D eigenvalue weighted by Gasteiger charge is -2.25. The largest absolute Gasteiger partial charge is 0.383 e. The van der Waals surface area contributed by atoms with Crippen molar-refractivity contribution in [2.24, 2.45) is 0 Å². The molecule has 0 saturated heterocycles. The summed E-state index contributed by atoms with van der Waals surface area (Å²) in [5.41, 5.74) is 9.24. The van der Waals surface area contributed by atoms with E-state index in [2.05, 4.69) is 26.9 Å². The number of nitrogens with two attached hydrogens (primary N) is 1. The molecule has 0 atom stereocenters. The highest BCUT2D eigenvalue weighted by molar-refractivity contribution is 5.89. The lowest BCUT2D eigenvalue weighted by molar-refractivity contribution is 0.314. The van der Waals surface area contributed by atoms with Crippen molar-refractivity contribution < 1.29 is 0 Å². The molecule has 0 aromatic carbocycles. The zero-order valence-electron chi connectivity index (χ0n) is 10.1. The van der Waals surface area contributed by atoms with E-state index in [0.717, 1.165) is 24.9 Å². The van der Waals surface area contributed by atoms with E-state index in [0.29, 0.717) is 17.3 Å². The number of aromatic nitrogens is 3. The summed E-state index contributed by atoms with van der Waals surface area (Å²) in [6.07, 6.45) is 2.94. The highest BCUT2D eigenvalue weighted by Gasteiger charge is 2.19. The number of nitrogen functional groups attached to an aromatic ring is 1. The normalized spacial score (nSPS) is 16.1. The van der Waals surface area contributed by atoms with Gasteiger partial charge in [0.2, 0.25) is 0 Å². The molecule has 0 amide bonds. The van der Waals surface area contributed by atoms with Crippen LogP contribution in [0.4, 0.5) is 5.82 Å². The van der Waals surface area contributed by atoms with Crippen LogP contribution in [0.2, 0.25) is 0 Å². The minimum Gasteiger partial charge on any atom is -0.383 e. The van der Waals surface area contributed by atoms with Gasteiger partial charge in [-0.3, -0.25) is 0 Å². The Morgan fingerprint density at radius 1 is 1.35 bits per heavy atom. The van der Waals surface area contributed by atoms with Gasteiger partial charge in [-0.05, 0) is 31.5 Å². The fourth-order valence-electron chi connectivity index (χ4n) is 2.40. The van der Waals surface area contributed by atoms with E-state index in [9.17, 15) is 0 Å². The Balaban J connectivity index is 2.33. The second kappa shape index (κ2) is 3.63. The Labute approximate surface area is 99.7 Å². The SMILES string of the molecule is Cc1nc(N)c2c3c(cnc2n1)CCN(C)C3. The quantitative estimate of drug-likeness (QED) is 0.727. The minimum atomic E-state index is 0.548. The fraction of sp³-hybridized carbons (Fsp3) is 0.417. The molecule has 0 fully saturated rings. The predicted molar refractivity (Wildman–Crippen MR) is 66.5 cm³/mol. The summed E-state index contributed by atoms with van der Waals surface area (Å²) in [6.45, 7) is 3.79. The number of nitrogens with zero attached hydrogens (tertiary/aromatic N) is 4. The number of aryl methyl sites for hydroxylation is 1. The molecule has 17 heavy (non-hydrogen) atoms. The van der Waals surface area contributed by atoms with Gasteiger partial charge in [0.1, 0.15) is 11.6 Å². The van der Waals surface area contributed by atoms with Crippen molar-refractivity contribution in [1.82, 2.24) is 19.9 Å². The molecule has 3 rings (SSSR count). The molecule has 0 aliphatic carbocycles. The number of hydrogen-bond acceptors (Lipinski definition) is 5. The van der Waals surface area contributed by atoms with Crippen LogP contribution in [0.15, 0.2) is 6.20 Å². The highest BCUT2D eigenvalue weighted by Crippen LogP contribution is 2.27. The van der Waals surface area contributed by atoms with Crippen LogP contribution in [0.1, 0.15) is 17.0 Å². The van der Waals surface area contributed by atoms with Crippen LogP contribution in [0, 0.1) is 6.92 Å². The van der Waals surface area contributed by atoms with Gasteiger partial charge in [0.15, 0.2) is 5.65 Å². The first-order chi connectivity index (χ1) is 8.15. The summed E-state index contributed by atoms with van der Waals surface area (Å²) >= 11 is 0. The third-order valence-corrected chi connectivity index (χ3v) is 3.25. The molecule has 0 radical (unpaired) electrons. The predicted octanol–water partition coefficient (Wildman–Crippen LogP) is 0.903. The smallest absolute Gasteiger partial charge is 0.165 e. The van der Waals surface area contributed by atoms with Gasteiger partial charge in [0, 0.05) is 19.3 Å². The standard InChI is InChI=1S/C12H15N5/c1-7-15-11(13)10-9-6-17(2)4-3-8(9)5-14-12(10)16-7/h5H,3-4,6H2,1-2H3,(H2,13,14,15,16). The van der Waals surface area contributed by atoms with Gasteiger partial charge < -0.3 is 10.6 Å². The van der Waals surface area contributed by atoms with Crippen LogP contribution >= 0.6 is 0 Å². The molecule has 5 heteroatoms. The van der Waals surface area contributed by atoms with Crippen molar-refractivity contribution >= 4 is 16.9 Å². The Bertz CT molecular complexity index is 593. The van der Waals surface area contributed by atoms with Gasteiger partial charge in [0.05, 0.1) is 5.39 Å². The number of hydrogen-bond donors (Lipinski definition) is 1. The lowest BCUT2D eigenvalue weighted by Crippen LogP contribution is -2.27. The molecule has 2 N–H and O–H groups in total. The first kappa shape index (κ1) is 10.4. The van der Waals surface area contributed by atoms with Gasteiger partial charge in [-0.2, -0.15) is 0 Å². The van der Waals surface area contributed by atoms with Crippen LogP contribution in [0.5, 0.6) is 0 Å². The van der Waals surface area contributed by atoms with E-state index >= 15 is 0 Å². The van der Waals surface area contributed by atoms with E-state index in [-0.39, 0.29) is 0 Å². The average molecular weight is 229 g/mol. The van der Waals surface area contributed by atoms with Crippen LogP contribution < -0.4 is 5.73 Å². The molecule has 2 aromatic rings. The van der Waals surface area contributed by atoms with Crippen molar-refractivity contribution in [2.45, 2.75) is 19.9 Å². The second-order valence-corrected chi connectivity index (χ2v) is 4.60. The summed E-state index contributed by atoms with van der Waals surface area (Å²) in [5, 5.41) is 0.930. The van der Waals surface area contributed by atoms with Crippen molar-refractivity contribution in [3.8, 4) is 0 Å². The van der Waals surface area contributed by atoms with E-state index in [1.807, 2.05) is 13.1 Å². The van der Waals surface area contributed by atoms with Crippen LogP contribution in [0.25, 0.3) is 11.0 Å². The first-order valence-corrected chi connectivity index (χ1v) is 5.74. The van der Waals surface area contributed by atoms with E-state index in [4.69, 9.17) is 5.73 Å².